The highest BCUT2D eigenvalue weighted by Gasteiger charge is 2.64. The van der Waals surface area contributed by atoms with Gasteiger partial charge >= 0.3 is 0 Å². The van der Waals surface area contributed by atoms with Gasteiger partial charge < -0.3 is 0 Å². The largest absolute Gasteiger partial charge is 0.294 e. The average Bonchev–Trinajstić information content (AvgIpc) is 2.66. The van der Waals surface area contributed by atoms with Crippen LogP contribution in [0.25, 0.3) is 0 Å². The molecule has 0 heterocycles. The van der Waals surface area contributed by atoms with E-state index in [9.17, 15) is 17.8 Å². The van der Waals surface area contributed by atoms with E-state index in [1.807, 2.05) is 0 Å². The van der Waals surface area contributed by atoms with Gasteiger partial charge in [-0.25, -0.2) is 0 Å². The summed E-state index contributed by atoms with van der Waals surface area (Å²) in [6.07, 6.45) is 5.60. The van der Waals surface area contributed by atoms with E-state index in [1.165, 1.54) is 6.08 Å². The van der Waals surface area contributed by atoms with Crippen molar-refractivity contribution < 1.29 is 17.8 Å². The molecule has 0 aromatic carbocycles. The van der Waals surface area contributed by atoms with Gasteiger partial charge in [0, 0.05) is 16.9 Å². The molecule has 0 aliphatic heterocycles. The lowest BCUT2D eigenvalue weighted by Crippen LogP contribution is -2.28. The second-order valence-corrected chi connectivity index (χ2v) is 8.87. The molecule has 2 bridgehead atoms. The van der Waals surface area contributed by atoms with E-state index < -0.39 is 10.1 Å². The number of Topliss-reactive ketones (excluding diaryl/α,β-unsaturated/α-hetero) is 1. The van der Waals surface area contributed by atoms with Crippen molar-refractivity contribution in [3.05, 3.63) is 33.8 Å². The molecule has 2 unspecified atom stereocenters. The Hall–Kier alpha value is -1.20. The molecule has 0 radical (unpaired) electrons. The van der Waals surface area contributed by atoms with Crippen LogP contribution < -0.4 is 0 Å². The van der Waals surface area contributed by atoms with Crippen LogP contribution in [0.4, 0.5) is 0 Å². The van der Waals surface area contributed by atoms with Crippen LogP contribution >= 0.6 is 0 Å². The SMILES string of the molecule is CC1=CC(=C2C(=O)C3CCC2(C)C3(C)C)CC=C1S(=O)(=O)O. The van der Waals surface area contributed by atoms with Crippen LogP contribution in [0.5, 0.6) is 0 Å². The van der Waals surface area contributed by atoms with Gasteiger partial charge in [-0.05, 0) is 42.7 Å². The predicted octanol–water partition coefficient (Wildman–Crippen LogP) is 3.43. The first kappa shape index (κ1) is 15.7. The van der Waals surface area contributed by atoms with Gasteiger partial charge in [-0.3, -0.25) is 9.35 Å². The molecule has 0 aromatic rings. The zero-order chi connectivity index (χ0) is 16.5. The number of allylic oxidation sites excluding steroid dienone is 5. The second kappa shape index (κ2) is 4.42. The minimum Gasteiger partial charge on any atom is -0.294 e. The summed E-state index contributed by atoms with van der Waals surface area (Å²) in [5.41, 5.74) is 2.07. The van der Waals surface area contributed by atoms with Crippen LogP contribution in [0.15, 0.2) is 33.8 Å². The highest BCUT2D eigenvalue weighted by atomic mass is 32.2. The zero-order valence-corrected chi connectivity index (χ0v) is 14.3. The molecule has 1 N–H and O–H groups in total. The minimum atomic E-state index is -4.20. The number of hydrogen-bond acceptors (Lipinski definition) is 3. The first-order valence-electron chi connectivity index (χ1n) is 7.64. The van der Waals surface area contributed by atoms with Crippen LogP contribution in [0.1, 0.15) is 47.0 Å². The predicted molar refractivity (Wildman–Crippen MR) is 84.7 cm³/mol. The van der Waals surface area contributed by atoms with Crippen molar-refractivity contribution in [2.24, 2.45) is 16.7 Å². The lowest BCUT2D eigenvalue weighted by molar-refractivity contribution is -0.119. The molecule has 5 heteroatoms. The topological polar surface area (TPSA) is 71.4 Å². The summed E-state index contributed by atoms with van der Waals surface area (Å²) in [6.45, 7) is 8.14. The maximum atomic E-state index is 12.8. The van der Waals surface area contributed by atoms with E-state index in [2.05, 4.69) is 20.8 Å². The smallest absolute Gasteiger partial charge is 0.294 e. The lowest BCUT2D eigenvalue weighted by atomic mass is 9.67. The summed E-state index contributed by atoms with van der Waals surface area (Å²) >= 11 is 0. The van der Waals surface area contributed by atoms with E-state index in [-0.39, 0.29) is 27.4 Å². The van der Waals surface area contributed by atoms with Crippen molar-refractivity contribution in [2.45, 2.75) is 47.0 Å². The van der Waals surface area contributed by atoms with E-state index in [1.54, 1.807) is 13.0 Å². The number of hydrogen-bond donors (Lipinski definition) is 1. The monoisotopic (exact) mass is 322 g/mol. The molecule has 0 aromatic heterocycles. The number of carbonyl (C=O) groups is 1. The first-order chi connectivity index (χ1) is 10.00. The van der Waals surface area contributed by atoms with E-state index >= 15 is 0 Å². The highest BCUT2D eigenvalue weighted by molar-refractivity contribution is 7.90. The van der Waals surface area contributed by atoms with Crippen LogP contribution in [-0.4, -0.2) is 18.8 Å². The van der Waals surface area contributed by atoms with Crippen LogP contribution in [0, 0.1) is 16.7 Å². The van der Waals surface area contributed by atoms with E-state index in [0.29, 0.717) is 12.0 Å². The molecule has 0 saturated heterocycles. The van der Waals surface area contributed by atoms with Crippen molar-refractivity contribution >= 4 is 15.9 Å². The number of fused-ring (bicyclic) bond motifs is 2. The molecular formula is C17H22O4S. The summed E-state index contributed by atoms with van der Waals surface area (Å²) in [6, 6.07) is 0. The summed E-state index contributed by atoms with van der Waals surface area (Å²) < 4.78 is 31.9. The van der Waals surface area contributed by atoms with Crippen molar-refractivity contribution in [2.75, 3.05) is 0 Å². The van der Waals surface area contributed by atoms with Crippen molar-refractivity contribution in [1.29, 1.82) is 0 Å². The summed E-state index contributed by atoms with van der Waals surface area (Å²) in [5.74, 6) is 0.294. The van der Waals surface area contributed by atoms with Gasteiger partial charge in [-0.1, -0.05) is 32.9 Å². The third-order valence-electron chi connectivity index (χ3n) is 6.23. The third kappa shape index (κ3) is 1.85. The van der Waals surface area contributed by atoms with Crippen molar-refractivity contribution in [3.63, 3.8) is 0 Å². The Morgan fingerprint density at radius 2 is 1.91 bits per heavy atom. The van der Waals surface area contributed by atoms with Crippen molar-refractivity contribution in [3.8, 4) is 0 Å². The first-order valence-corrected chi connectivity index (χ1v) is 9.08. The Morgan fingerprint density at radius 1 is 1.27 bits per heavy atom. The van der Waals surface area contributed by atoms with E-state index in [0.717, 1.165) is 24.0 Å². The van der Waals surface area contributed by atoms with Crippen LogP contribution in [0.2, 0.25) is 0 Å². The van der Waals surface area contributed by atoms with Gasteiger partial charge in [-0.2, -0.15) is 8.42 Å². The zero-order valence-electron chi connectivity index (χ0n) is 13.4. The van der Waals surface area contributed by atoms with Gasteiger partial charge in [-0.15, -0.1) is 0 Å². The summed E-state index contributed by atoms with van der Waals surface area (Å²) in [7, 11) is -4.20. The lowest BCUT2D eigenvalue weighted by Gasteiger charge is -2.35. The normalized spacial score (nSPS) is 37.3. The standard InChI is InChI=1S/C17H22O4S/c1-10-9-11(5-6-13(10)22(19,20)21)14-15(18)12-7-8-17(14,4)16(12,2)3/h6,9,12H,5,7-8H2,1-4H3,(H,19,20,21). The number of ketones is 1. The Labute approximate surface area is 131 Å². The highest BCUT2D eigenvalue weighted by Crippen LogP contribution is 2.67. The molecule has 0 amide bonds. The summed E-state index contributed by atoms with van der Waals surface area (Å²) in [4.78, 5) is 12.8. The Kier molecular flexibility index (Phi) is 3.15. The molecule has 4 nitrogen and oxygen atoms in total. The molecule has 2 atom stereocenters. The molecular weight excluding hydrogens is 300 g/mol. The number of carbonyl (C=O) groups excluding carboxylic acids is 1. The fraction of sp³-hybridized carbons (Fsp3) is 0.588. The third-order valence-corrected chi connectivity index (χ3v) is 7.27. The second-order valence-electron chi connectivity index (χ2n) is 7.48. The minimum absolute atomic E-state index is 0.0446. The Balaban J connectivity index is 2.12. The average molecular weight is 322 g/mol. The molecule has 2 saturated carbocycles. The molecule has 3 aliphatic rings. The molecule has 3 aliphatic carbocycles. The summed E-state index contributed by atoms with van der Waals surface area (Å²) in [5, 5.41) is 0. The van der Waals surface area contributed by atoms with Gasteiger partial charge in [0.25, 0.3) is 10.1 Å². The maximum absolute atomic E-state index is 12.8. The van der Waals surface area contributed by atoms with E-state index in [4.69, 9.17) is 0 Å². The van der Waals surface area contributed by atoms with Crippen LogP contribution in [0.3, 0.4) is 0 Å². The molecule has 2 fully saturated rings. The Bertz CT molecular complexity index is 764. The van der Waals surface area contributed by atoms with Gasteiger partial charge in [0.2, 0.25) is 0 Å². The number of rotatable bonds is 1. The fourth-order valence-electron chi connectivity index (χ4n) is 4.60. The van der Waals surface area contributed by atoms with Crippen LogP contribution in [-0.2, 0) is 14.9 Å². The molecule has 3 rings (SSSR count). The fourth-order valence-corrected chi connectivity index (χ4v) is 5.36. The molecule has 22 heavy (non-hydrogen) atoms. The quantitative estimate of drug-likeness (QED) is 0.593. The maximum Gasteiger partial charge on any atom is 0.294 e. The van der Waals surface area contributed by atoms with Gasteiger partial charge in [0.15, 0.2) is 5.78 Å². The molecule has 120 valence electrons. The van der Waals surface area contributed by atoms with Crippen molar-refractivity contribution in [1.82, 2.24) is 0 Å². The van der Waals surface area contributed by atoms with Gasteiger partial charge in [0.05, 0.1) is 4.91 Å². The van der Waals surface area contributed by atoms with Gasteiger partial charge in [0.1, 0.15) is 0 Å². The Morgan fingerprint density at radius 3 is 2.36 bits per heavy atom. The molecule has 0 spiro atoms.